The molecule has 0 saturated carbocycles. The van der Waals surface area contributed by atoms with Gasteiger partial charge in [-0.15, -0.1) is 0 Å². The number of primary sulfonamides is 1. The van der Waals surface area contributed by atoms with E-state index in [-0.39, 0.29) is 16.7 Å². The maximum Gasteiger partial charge on any atom is 0.238 e. The highest BCUT2D eigenvalue weighted by molar-refractivity contribution is 7.89. The second-order valence-corrected chi connectivity index (χ2v) is 9.07. The molecule has 1 atom stereocenters. The first kappa shape index (κ1) is 19.6. The van der Waals surface area contributed by atoms with Gasteiger partial charge in [0.1, 0.15) is 0 Å². The van der Waals surface area contributed by atoms with Gasteiger partial charge in [-0.1, -0.05) is 50.2 Å². The van der Waals surface area contributed by atoms with Crippen molar-refractivity contribution in [3.8, 4) is 0 Å². The number of carbonyl (C=O) groups is 1. The minimum absolute atomic E-state index is 0.0971. The normalized spacial score (nSPS) is 15.5. The summed E-state index contributed by atoms with van der Waals surface area (Å²) in [7, 11) is -3.74. The average molecular weight is 387 g/mol. The Hall–Kier alpha value is -2.18. The maximum absolute atomic E-state index is 13.0. The molecule has 5 nitrogen and oxygen atoms in total. The van der Waals surface area contributed by atoms with Crippen LogP contribution in [0.1, 0.15) is 42.9 Å². The molecule has 0 saturated heterocycles. The Kier molecular flexibility index (Phi) is 5.67. The number of nitrogens with zero attached hydrogens (tertiary/aromatic N) is 1. The summed E-state index contributed by atoms with van der Waals surface area (Å²) in [5.74, 6) is 0.613. The maximum atomic E-state index is 13.0. The third-order valence-corrected chi connectivity index (χ3v) is 6.21. The van der Waals surface area contributed by atoms with Gasteiger partial charge in [0.2, 0.25) is 15.9 Å². The fourth-order valence-electron chi connectivity index (χ4n) is 3.68. The molecule has 3 rings (SSSR count). The summed E-state index contributed by atoms with van der Waals surface area (Å²) in [6.45, 7) is 5.35. The van der Waals surface area contributed by atoms with Gasteiger partial charge in [0.05, 0.1) is 4.90 Å². The van der Waals surface area contributed by atoms with Crippen LogP contribution >= 0.6 is 0 Å². The number of fused-ring (bicyclic) bond motifs is 1. The number of benzene rings is 2. The summed E-state index contributed by atoms with van der Waals surface area (Å²) in [6.07, 6.45) is 1.18. The van der Waals surface area contributed by atoms with Crippen molar-refractivity contribution in [3.63, 3.8) is 0 Å². The van der Waals surface area contributed by atoms with Crippen LogP contribution in [-0.2, 0) is 27.8 Å². The molecule has 0 aliphatic carbocycles. The van der Waals surface area contributed by atoms with Gasteiger partial charge < -0.3 is 4.90 Å². The quantitative estimate of drug-likeness (QED) is 0.858. The summed E-state index contributed by atoms with van der Waals surface area (Å²) in [4.78, 5) is 14.9. The smallest absolute Gasteiger partial charge is 0.238 e. The molecule has 2 aromatic carbocycles. The lowest BCUT2D eigenvalue weighted by Crippen LogP contribution is -2.37. The molecule has 27 heavy (non-hydrogen) atoms. The SMILES string of the molecule is CC(C)C(CC(=O)N1CCc2ccc(S(N)(=O)=O)cc2C1)c1ccccc1. The topological polar surface area (TPSA) is 80.5 Å². The fraction of sp³-hybridized carbons (Fsp3) is 0.381. The number of nitrogens with two attached hydrogens (primary N) is 1. The molecule has 0 fully saturated rings. The van der Waals surface area contributed by atoms with Gasteiger partial charge in [-0.25, -0.2) is 13.6 Å². The molecule has 1 amide bonds. The molecular formula is C21H26N2O3S. The molecule has 0 radical (unpaired) electrons. The minimum atomic E-state index is -3.74. The third-order valence-electron chi connectivity index (χ3n) is 5.30. The van der Waals surface area contributed by atoms with E-state index >= 15 is 0 Å². The zero-order valence-electron chi connectivity index (χ0n) is 15.8. The van der Waals surface area contributed by atoms with Gasteiger partial charge in [0, 0.05) is 19.5 Å². The van der Waals surface area contributed by atoms with Crippen LogP contribution in [0.15, 0.2) is 53.4 Å². The van der Waals surface area contributed by atoms with Gasteiger partial charge >= 0.3 is 0 Å². The van der Waals surface area contributed by atoms with Crippen molar-refractivity contribution in [2.45, 2.75) is 44.0 Å². The molecule has 144 valence electrons. The zero-order valence-corrected chi connectivity index (χ0v) is 16.6. The van der Waals surface area contributed by atoms with Crippen molar-refractivity contribution in [3.05, 3.63) is 65.2 Å². The Morgan fingerprint density at radius 2 is 1.81 bits per heavy atom. The van der Waals surface area contributed by atoms with Crippen LogP contribution in [0.2, 0.25) is 0 Å². The highest BCUT2D eigenvalue weighted by atomic mass is 32.2. The molecule has 0 aromatic heterocycles. The van der Waals surface area contributed by atoms with Crippen LogP contribution < -0.4 is 5.14 Å². The number of rotatable bonds is 5. The lowest BCUT2D eigenvalue weighted by molar-refractivity contribution is -0.132. The Morgan fingerprint density at radius 3 is 2.44 bits per heavy atom. The lowest BCUT2D eigenvalue weighted by Gasteiger charge is -2.31. The first-order valence-corrected chi connectivity index (χ1v) is 10.8. The second-order valence-electron chi connectivity index (χ2n) is 7.51. The predicted molar refractivity (Wildman–Crippen MR) is 106 cm³/mol. The molecule has 1 aliphatic rings. The largest absolute Gasteiger partial charge is 0.338 e. The van der Waals surface area contributed by atoms with Gasteiger partial charge in [-0.05, 0) is 47.1 Å². The highest BCUT2D eigenvalue weighted by Gasteiger charge is 2.26. The number of carbonyl (C=O) groups excluding carboxylic acids is 1. The van der Waals surface area contributed by atoms with Crippen LogP contribution in [0.4, 0.5) is 0 Å². The molecule has 2 aromatic rings. The first-order chi connectivity index (χ1) is 12.8. The standard InChI is InChI=1S/C21H26N2O3S/c1-15(2)20(17-6-4-3-5-7-17)13-21(24)23-11-10-16-8-9-19(27(22,25)26)12-18(16)14-23/h3-9,12,15,20H,10-11,13-14H2,1-2H3,(H2,22,25,26). The van der Waals surface area contributed by atoms with Crippen LogP contribution in [0.3, 0.4) is 0 Å². The van der Waals surface area contributed by atoms with E-state index in [1.54, 1.807) is 12.1 Å². The average Bonchev–Trinajstić information content (AvgIpc) is 2.64. The van der Waals surface area contributed by atoms with Crippen LogP contribution in [0, 0.1) is 5.92 Å². The van der Waals surface area contributed by atoms with E-state index in [1.165, 1.54) is 11.6 Å². The van der Waals surface area contributed by atoms with E-state index in [2.05, 4.69) is 26.0 Å². The number of sulfonamides is 1. The van der Waals surface area contributed by atoms with Gasteiger partial charge in [0.25, 0.3) is 0 Å². The van der Waals surface area contributed by atoms with E-state index in [0.717, 1.165) is 17.5 Å². The van der Waals surface area contributed by atoms with Crippen LogP contribution in [0.5, 0.6) is 0 Å². The molecular weight excluding hydrogens is 360 g/mol. The number of amides is 1. The summed E-state index contributed by atoms with van der Waals surface area (Å²) in [5, 5.41) is 5.24. The summed E-state index contributed by atoms with van der Waals surface area (Å²) in [6, 6.07) is 15.1. The Bertz CT molecular complexity index is 924. The summed E-state index contributed by atoms with van der Waals surface area (Å²) in [5.41, 5.74) is 3.12. The Balaban J connectivity index is 1.77. The van der Waals surface area contributed by atoms with Gasteiger partial charge in [-0.2, -0.15) is 0 Å². The summed E-state index contributed by atoms with van der Waals surface area (Å²) < 4.78 is 23.2. The van der Waals surface area contributed by atoms with Crippen molar-refractivity contribution in [2.24, 2.45) is 11.1 Å². The monoisotopic (exact) mass is 386 g/mol. The molecule has 1 heterocycles. The fourth-order valence-corrected chi connectivity index (χ4v) is 4.24. The number of hydrogen-bond donors (Lipinski definition) is 1. The molecule has 1 unspecified atom stereocenters. The van der Waals surface area contributed by atoms with Crippen LogP contribution in [0.25, 0.3) is 0 Å². The molecule has 2 N–H and O–H groups in total. The summed E-state index contributed by atoms with van der Waals surface area (Å²) >= 11 is 0. The number of hydrogen-bond acceptors (Lipinski definition) is 3. The molecule has 6 heteroatoms. The zero-order chi connectivity index (χ0) is 19.6. The predicted octanol–water partition coefficient (Wildman–Crippen LogP) is 3.05. The van der Waals surface area contributed by atoms with Gasteiger partial charge in [-0.3, -0.25) is 4.79 Å². The van der Waals surface area contributed by atoms with Crippen molar-refractivity contribution < 1.29 is 13.2 Å². The van der Waals surface area contributed by atoms with E-state index in [0.29, 0.717) is 25.4 Å². The van der Waals surface area contributed by atoms with E-state index in [4.69, 9.17) is 5.14 Å². The molecule has 0 spiro atoms. The second kappa shape index (κ2) is 7.82. The van der Waals surface area contributed by atoms with Crippen molar-refractivity contribution in [2.75, 3.05) is 6.54 Å². The highest BCUT2D eigenvalue weighted by Crippen LogP contribution is 2.30. The van der Waals surface area contributed by atoms with E-state index < -0.39 is 10.0 Å². The van der Waals surface area contributed by atoms with Crippen molar-refractivity contribution in [1.29, 1.82) is 0 Å². The lowest BCUT2D eigenvalue weighted by atomic mass is 9.85. The third kappa shape index (κ3) is 4.57. The Labute approximate surface area is 161 Å². The van der Waals surface area contributed by atoms with Crippen molar-refractivity contribution in [1.82, 2.24) is 4.90 Å². The van der Waals surface area contributed by atoms with Gasteiger partial charge in [0.15, 0.2) is 0 Å². The van der Waals surface area contributed by atoms with E-state index in [1.807, 2.05) is 23.1 Å². The first-order valence-electron chi connectivity index (χ1n) is 9.23. The Morgan fingerprint density at radius 1 is 1.11 bits per heavy atom. The molecule has 1 aliphatic heterocycles. The minimum Gasteiger partial charge on any atom is -0.338 e. The molecule has 0 bridgehead atoms. The van der Waals surface area contributed by atoms with E-state index in [9.17, 15) is 13.2 Å². The van der Waals surface area contributed by atoms with Crippen molar-refractivity contribution >= 4 is 15.9 Å². The van der Waals surface area contributed by atoms with Crippen LogP contribution in [-0.4, -0.2) is 25.8 Å².